The monoisotopic (exact) mass is 302 g/mol. The lowest BCUT2D eigenvalue weighted by molar-refractivity contribution is 0.156. The number of rotatable bonds is 4. The van der Waals surface area contributed by atoms with Gasteiger partial charge in [0.05, 0.1) is 6.20 Å². The van der Waals surface area contributed by atoms with Crippen molar-refractivity contribution in [3.05, 3.63) is 53.5 Å². The van der Waals surface area contributed by atoms with Crippen molar-refractivity contribution in [2.24, 2.45) is 0 Å². The van der Waals surface area contributed by atoms with E-state index in [0.717, 1.165) is 31.2 Å². The summed E-state index contributed by atoms with van der Waals surface area (Å²) in [6, 6.07) is 7.37. The van der Waals surface area contributed by atoms with Gasteiger partial charge in [0, 0.05) is 24.9 Å². The van der Waals surface area contributed by atoms with Crippen molar-refractivity contribution in [2.45, 2.75) is 45.1 Å². The molecule has 3 rings (SSSR count). The van der Waals surface area contributed by atoms with E-state index >= 15 is 0 Å². The van der Waals surface area contributed by atoms with Crippen LogP contribution in [0.3, 0.4) is 0 Å². The number of benzene rings is 1. The number of hydrogen-bond acceptors (Lipinski definition) is 3. The van der Waals surface area contributed by atoms with Gasteiger partial charge in [-0.3, -0.25) is 0 Å². The normalized spacial score (nSPS) is 19.7. The van der Waals surface area contributed by atoms with Crippen LogP contribution < -0.4 is 0 Å². The second kappa shape index (κ2) is 6.61. The molecule has 1 aliphatic heterocycles. The van der Waals surface area contributed by atoms with Gasteiger partial charge in [-0.05, 0) is 44.9 Å². The van der Waals surface area contributed by atoms with Crippen molar-refractivity contribution < 1.29 is 8.81 Å². The molecule has 1 saturated heterocycles. The van der Waals surface area contributed by atoms with Crippen LogP contribution in [0.2, 0.25) is 0 Å². The molecular weight excluding hydrogens is 279 g/mol. The van der Waals surface area contributed by atoms with Crippen LogP contribution in [0.1, 0.15) is 49.8 Å². The summed E-state index contributed by atoms with van der Waals surface area (Å²) in [7, 11) is 0. The van der Waals surface area contributed by atoms with Crippen molar-refractivity contribution in [3.8, 4) is 0 Å². The van der Waals surface area contributed by atoms with E-state index < -0.39 is 0 Å². The molecule has 2 aromatic rings. The first kappa shape index (κ1) is 15.2. The Kier molecular flexibility index (Phi) is 4.57. The van der Waals surface area contributed by atoms with E-state index in [1.54, 1.807) is 18.3 Å². The predicted molar refractivity (Wildman–Crippen MR) is 84.4 cm³/mol. The van der Waals surface area contributed by atoms with E-state index in [0.29, 0.717) is 23.9 Å². The molecule has 0 bridgehead atoms. The van der Waals surface area contributed by atoms with Gasteiger partial charge in [0.2, 0.25) is 0 Å². The van der Waals surface area contributed by atoms with E-state index in [4.69, 9.17) is 4.42 Å². The smallest absolute Gasteiger partial charge is 0.198 e. The third-order valence-electron chi connectivity index (χ3n) is 4.43. The van der Waals surface area contributed by atoms with Crippen LogP contribution in [-0.4, -0.2) is 29.0 Å². The number of aromatic nitrogens is 1. The van der Waals surface area contributed by atoms with Gasteiger partial charge >= 0.3 is 0 Å². The number of hydrogen-bond donors (Lipinski definition) is 0. The first-order valence-electron chi connectivity index (χ1n) is 8.05. The summed E-state index contributed by atoms with van der Waals surface area (Å²) in [6.07, 6.45) is 4.49. The fourth-order valence-electron chi connectivity index (χ4n) is 3.10. The summed E-state index contributed by atoms with van der Waals surface area (Å²) in [5.41, 5.74) is 0.651. The summed E-state index contributed by atoms with van der Waals surface area (Å²) >= 11 is 0. The fourth-order valence-corrected chi connectivity index (χ4v) is 3.10. The van der Waals surface area contributed by atoms with Crippen LogP contribution in [0.15, 0.2) is 34.9 Å². The predicted octanol–water partition coefficient (Wildman–Crippen LogP) is 3.99. The molecule has 1 aromatic carbocycles. The van der Waals surface area contributed by atoms with E-state index in [9.17, 15) is 4.39 Å². The van der Waals surface area contributed by atoms with Gasteiger partial charge in [-0.2, -0.15) is 0 Å². The maximum Gasteiger partial charge on any atom is 0.198 e. The zero-order chi connectivity index (χ0) is 15.5. The quantitative estimate of drug-likeness (QED) is 0.855. The molecule has 0 spiro atoms. The number of oxazole rings is 1. The molecule has 1 atom stereocenters. The molecule has 1 fully saturated rings. The summed E-state index contributed by atoms with van der Waals surface area (Å²) in [5, 5.41) is 0. The second-order valence-corrected chi connectivity index (χ2v) is 6.36. The highest BCUT2D eigenvalue weighted by molar-refractivity contribution is 5.21. The standard InChI is InChI=1S/C18H23FN2O/c1-13(2)21-9-5-7-15(12-21)18-20-11-16(22-18)10-14-6-3-4-8-17(14)19/h3-4,6,8,11,13,15H,5,7,9-10,12H2,1-2H3/t15-/m0/s1. The van der Waals surface area contributed by atoms with Crippen LogP contribution in [0.25, 0.3) is 0 Å². The lowest BCUT2D eigenvalue weighted by Gasteiger charge is -2.34. The van der Waals surface area contributed by atoms with E-state index in [1.165, 1.54) is 12.5 Å². The van der Waals surface area contributed by atoms with Gasteiger partial charge in [-0.1, -0.05) is 18.2 Å². The molecule has 1 aliphatic rings. The highest BCUT2D eigenvalue weighted by Gasteiger charge is 2.26. The highest BCUT2D eigenvalue weighted by atomic mass is 19.1. The molecule has 1 aromatic heterocycles. The minimum atomic E-state index is -0.191. The van der Waals surface area contributed by atoms with Gasteiger partial charge in [-0.15, -0.1) is 0 Å². The van der Waals surface area contributed by atoms with Crippen molar-refractivity contribution in [3.63, 3.8) is 0 Å². The van der Waals surface area contributed by atoms with Gasteiger partial charge in [-0.25, -0.2) is 9.37 Å². The zero-order valence-corrected chi connectivity index (χ0v) is 13.3. The number of nitrogens with zero attached hydrogens (tertiary/aromatic N) is 2. The van der Waals surface area contributed by atoms with Crippen molar-refractivity contribution in [2.75, 3.05) is 13.1 Å². The van der Waals surface area contributed by atoms with E-state index in [-0.39, 0.29) is 5.82 Å². The fraction of sp³-hybridized carbons (Fsp3) is 0.500. The van der Waals surface area contributed by atoms with Crippen LogP contribution in [0, 0.1) is 5.82 Å². The van der Waals surface area contributed by atoms with Gasteiger partial charge < -0.3 is 9.32 Å². The Bertz CT molecular complexity index is 623. The lowest BCUT2D eigenvalue weighted by atomic mass is 9.97. The van der Waals surface area contributed by atoms with Crippen LogP contribution in [0.5, 0.6) is 0 Å². The Morgan fingerprint density at radius 3 is 2.95 bits per heavy atom. The molecule has 0 radical (unpaired) electrons. The summed E-state index contributed by atoms with van der Waals surface area (Å²) in [5.74, 6) is 1.70. The molecule has 0 amide bonds. The molecule has 22 heavy (non-hydrogen) atoms. The topological polar surface area (TPSA) is 29.3 Å². The molecule has 0 N–H and O–H groups in total. The van der Waals surface area contributed by atoms with Crippen LogP contribution in [0.4, 0.5) is 4.39 Å². The lowest BCUT2D eigenvalue weighted by Crippen LogP contribution is -2.39. The van der Waals surface area contributed by atoms with Gasteiger partial charge in [0.1, 0.15) is 11.6 Å². The Hall–Kier alpha value is -1.68. The van der Waals surface area contributed by atoms with Crippen LogP contribution in [-0.2, 0) is 6.42 Å². The van der Waals surface area contributed by atoms with Gasteiger partial charge in [0.15, 0.2) is 5.89 Å². The molecule has 0 aliphatic carbocycles. The molecule has 118 valence electrons. The van der Waals surface area contributed by atoms with Crippen molar-refractivity contribution in [1.82, 2.24) is 9.88 Å². The third-order valence-corrected chi connectivity index (χ3v) is 4.43. The summed E-state index contributed by atoms with van der Waals surface area (Å²) < 4.78 is 19.6. The van der Waals surface area contributed by atoms with Gasteiger partial charge in [0.25, 0.3) is 0 Å². The average Bonchev–Trinajstić information content (AvgIpc) is 2.98. The molecule has 0 saturated carbocycles. The SMILES string of the molecule is CC(C)N1CCC[C@H](c2ncc(Cc3ccccc3F)o2)C1. The van der Waals surface area contributed by atoms with Crippen LogP contribution >= 0.6 is 0 Å². The summed E-state index contributed by atoms with van der Waals surface area (Å²) in [4.78, 5) is 6.91. The first-order chi connectivity index (χ1) is 10.6. The molecule has 2 heterocycles. The van der Waals surface area contributed by atoms with E-state index in [1.807, 2.05) is 6.07 Å². The Morgan fingerprint density at radius 1 is 1.36 bits per heavy atom. The minimum Gasteiger partial charge on any atom is -0.445 e. The highest BCUT2D eigenvalue weighted by Crippen LogP contribution is 2.28. The average molecular weight is 302 g/mol. The Balaban J connectivity index is 1.70. The molecule has 4 heteroatoms. The molecule has 3 nitrogen and oxygen atoms in total. The Labute approximate surface area is 131 Å². The zero-order valence-electron chi connectivity index (χ0n) is 13.3. The largest absolute Gasteiger partial charge is 0.445 e. The number of likely N-dealkylation sites (tertiary alicyclic amines) is 1. The first-order valence-corrected chi connectivity index (χ1v) is 8.05. The van der Waals surface area contributed by atoms with E-state index in [2.05, 4.69) is 23.7 Å². The number of halogens is 1. The maximum absolute atomic E-state index is 13.7. The minimum absolute atomic E-state index is 0.191. The maximum atomic E-state index is 13.7. The number of piperidine rings is 1. The van der Waals surface area contributed by atoms with Crippen molar-refractivity contribution in [1.29, 1.82) is 0 Å². The Morgan fingerprint density at radius 2 is 2.18 bits per heavy atom. The molecular formula is C18H23FN2O. The molecule has 0 unspecified atom stereocenters. The second-order valence-electron chi connectivity index (χ2n) is 6.36. The van der Waals surface area contributed by atoms with Crippen molar-refractivity contribution >= 4 is 0 Å². The third kappa shape index (κ3) is 3.38. The summed E-state index contributed by atoms with van der Waals surface area (Å²) in [6.45, 7) is 6.59.